The van der Waals surface area contributed by atoms with Crippen molar-refractivity contribution in [2.24, 2.45) is 5.92 Å². The monoisotopic (exact) mass is 465 g/mol. The fourth-order valence-corrected chi connectivity index (χ4v) is 4.52. The van der Waals surface area contributed by atoms with Gasteiger partial charge in [-0.15, -0.1) is 0 Å². The van der Waals surface area contributed by atoms with Crippen molar-refractivity contribution >= 4 is 22.7 Å². The largest absolute Gasteiger partial charge is 0.504 e. The lowest BCUT2D eigenvalue weighted by molar-refractivity contribution is 0.316. The number of para-hydroxylation sites is 1. The minimum absolute atomic E-state index is 0. The molecule has 0 amide bonds. The number of rotatable bonds is 9. The molecule has 2 aromatic carbocycles. The second-order valence-electron chi connectivity index (χ2n) is 9.01. The molecule has 0 atom stereocenters. The van der Waals surface area contributed by atoms with Crippen molar-refractivity contribution in [1.29, 1.82) is 0 Å². The first-order valence-electron chi connectivity index (χ1n) is 11.9. The zero-order chi connectivity index (χ0) is 23.2. The Morgan fingerprint density at radius 2 is 1.82 bits per heavy atom. The van der Waals surface area contributed by atoms with Crippen molar-refractivity contribution in [2.45, 2.75) is 52.6 Å². The van der Waals surface area contributed by atoms with E-state index < -0.39 is 0 Å². The minimum atomic E-state index is 0. The molecular formula is C27H39N5O2. The summed E-state index contributed by atoms with van der Waals surface area (Å²) in [5.41, 5.74) is 2.09. The highest BCUT2D eigenvalue weighted by atomic mass is 16.5. The number of nitrogens with zero attached hydrogens (tertiary/aromatic N) is 3. The van der Waals surface area contributed by atoms with Gasteiger partial charge in [0, 0.05) is 32.1 Å². The maximum absolute atomic E-state index is 9.86. The SMILES string of the molecule is C.CCOc1cc(CNCC2CCC(Nc3nc(N(C)C)c4ccccc4n3)CC2)ccc1O. The molecule has 1 fully saturated rings. The molecule has 184 valence electrons. The Hall–Kier alpha value is -3.06. The van der Waals surface area contributed by atoms with Gasteiger partial charge in [-0.2, -0.15) is 4.98 Å². The summed E-state index contributed by atoms with van der Waals surface area (Å²) >= 11 is 0. The highest BCUT2D eigenvalue weighted by Gasteiger charge is 2.22. The molecule has 0 radical (unpaired) electrons. The van der Waals surface area contributed by atoms with Gasteiger partial charge in [0.25, 0.3) is 0 Å². The first-order valence-corrected chi connectivity index (χ1v) is 11.9. The fraction of sp³-hybridized carbons (Fsp3) is 0.481. The van der Waals surface area contributed by atoms with Gasteiger partial charge in [0.05, 0.1) is 12.1 Å². The van der Waals surface area contributed by atoms with E-state index in [1.165, 1.54) is 12.8 Å². The number of aromatic nitrogens is 2. The van der Waals surface area contributed by atoms with E-state index in [0.717, 1.165) is 54.2 Å². The number of hydrogen-bond donors (Lipinski definition) is 3. The summed E-state index contributed by atoms with van der Waals surface area (Å²) in [5.74, 6) is 3.08. The van der Waals surface area contributed by atoms with Gasteiger partial charge in [0.2, 0.25) is 5.95 Å². The van der Waals surface area contributed by atoms with Gasteiger partial charge < -0.3 is 25.4 Å². The molecule has 0 unspecified atom stereocenters. The predicted octanol–water partition coefficient (Wildman–Crippen LogP) is 5.20. The highest BCUT2D eigenvalue weighted by Crippen LogP contribution is 2.29. The van der Waals surface area contributed by atoms with Gasteiger partial charge in [-0.25, -0.2) is 4.98 Å². The van der Waals surface area contributed by atoms with Gasteiger partial charge in [-0.3, -0.25) is 0 Å². The molecule has 1 heterocycles. The molecule has 7 nitrogen and oxygen atoms in total. The van der Waals surface area contributed by atoms with Crippen molar-refractivity contribution in [2.75, 3.05) is 37.5 Å². The summed E-state index contributed by atoms with van der Waals surface area (Å²) < 4.78 is 5.48. The molecule has 1 aromatic heterocycles. The average molecular weight is 466 g/mol. The molecular weight excluding hydrogens is 426 g/mol. The first kappa shape index (κ1) is 25.6. The Morgan fingerprint density at radius 1 is 1.06 bits per heavy atom. The van der Waals surface area contributed by atoms with E-state index >= 15 is 0 Å². The third-order valence-electron chi connectivity index (χ3n) is 6.27. The highest BCUT2D eigenvalue weighted by molar-refractivity contribution is 5.90. The van der Waals surface area contributed by atoms with E-state index in [1.807, 2.05) is 56.3 Å². The van der Waals surface area contributed by atoms with Crippen LogP contribution in [0.5, 0.6) is 11.5 Å². The lowest BCUT2D eigenvalue weighted by Gasteiger charge is -2.29. The predicted molar refractivity (Wildman–Crippen MR) is 141 cm³/mol. The fourth-order valence-electron chi connectivity index (χ4n) is 4.52. The number of benzene rings is 2. The molecule has 4 rings (SSSR count). The van der Waals surface area contributed by atoms with Gasteiger partial charge in [-0.05, 0) is 74.9 Å². The third kappa shape index (κ3) is 6.29. The summed E-state index contributed by atoms with van der Waals surface area (Å²) in [4.78, 5) is 11.6. The van der Waals surface area contributed by atoms with Crippen LogP contribution < -0.4 is 20.3 Å². The van der Waals surface area contributed by atoms with E-state index in [0.29, 0.717) is 24.3 Å². The van der Waals surface area contributed by atoms with E-state index in [1.54, 1.807) is 6.07 Å². The maximum atomic E-state index is 9.86. The summed E-state index contributed by atoms with van der Waals surface area (Å²) in [6, 6.07) is 14.1. The van der Waals surface area contributed by atoms with Crippen LogP contribution in [0.25, 0.3) is 10.9 Å². The summed E-state index contributed by atoms with van der Waals surface area (Å²) in [6.07, 6.45) is 4.60. The number of ether oxygens (including phenoxy) is 1. The smallest absolute Gasteiger partial charge is 0.225 e. The molecule has 0 saturated heterocycles. The Kier molecular flexibility index (Phi) is 8.93. The number of hydrogen-bond acceptors (Lipinski definition) is 7. The Labute approximate surface area is 203 Å². The number of aromatic hydroxyl groups is 1. The second-order valence-corrected chi connectivity index (χ2v) is 9.01. The number of phenols is 1. The molecule has 1 saturated carbocycles. The molecule has 0 bridgehead atoms. The standard InChI is InChI=1S/C26H35N5O2.CH4/c1-4-33-24-15-19(11-14-23(24)32)17-27-16-18-9-12-20(13-10-18)28-26-29-22-8-6-5-7-21(22)25(30-26)31(2)3;/h5-8,11,14-15,18,20,27,32H,4,9-10,12-13,16-17H2,1-3H3,(H,28,29,30);1H4. The van der Waals surface area contributed by atoms with E-state index in [-0.39, 0.29) is 13.2 Å². The number of fused-ring (bicyclic) bond motifs is 1. The lowest BCUT2D eigenvalue weighted by Crippen LogP contribution is -2.31. The summed E-state index contributed by atoms with van der Waals surface area (Å²) in [7, 11) is 4.04. The molecule has 3 aromatic rings. The van der Waals surface area contributed by atoms with Crippen LogP contribution in [0.3, 0.4) is 0 Å². The second kappa shape index (κ2) is 11.9. The van der Waals surface area contributed by atoms with E-state index in [4.69, 9.17) is 14.7 Å². The maximum Gasteiger partial charge on any atom is 0.225 e. The summed E-state index contributed by atoms with van der Waals surface area (Å²) in [5, 5.41) is 18.1. The topological polar surface area (TPSA) is 82.5 Å². The quantitative estimate of drug-likeness (QED) is 0.401. The molecule has 3 N–H and O–H groups in total. The van der Waals surface area contributed by atoms with Crippen molar-refractivity contribution in [1.82, 2.24) is 15.3 Å². The van der Waals surface area contributed by atoms with Crippen LogP contribution in [0.2, 0.25) is 0 Å². The Balaban J connectivity index is 0.00000324. The van der Waals surface area contributed by atoms with Gasteiger partial charge >= 0.3 is 0 Å². The number of anilines is 2. The van der Waals surface area contributed by atoms with Crippen LogP contribution in [0.1, 0.15) is 45.6 Å². The van der Waals surface area contributed by atoms with Crippen molar-refractivity contribution < 1.29 is 9.84 Å². The molecule has 0 spiro atoms. The van der Waals surface area contributed by atoms with Crippen LogP contribution in [0, 0.1) is 5.92 Å². The first-order chi connectivity index (χ1) is 16.0. The normalized spacial score (nSPS) is 17.7. The third-order valence-corrected chi connectivity index (χ3v) is 6.27. The number of nitrogens with one attached hydrogen (secondary N) is 2. The molecule has 0 aliphatic heterocycles. The molecule has 34 heavy (non-hydrogen) atoms. The van der Waals surface area contributed by atoms with Crippen LogP contribution in [-0.2, 0) is 6.54 Å². The van der Waals surface area contributed by atoms with Crippen LogP contribution >= 0.6 is 0 Å². The van der Waals surface area contributed by atoms with Gasteiger partial charge in [-0.1, -0.05) is 25.6 Å². The van der Waals surface area contributed by atoms with Crippen LogP contribution in [-0.4, -0.2) is 48.4 Å². The van der Waals surface area contributed by atoms with Gasteiger partial charge in [0.1, 0.15) is 5.82 Å². The lowest BCUT2D eigenvalue weighted by atomic mass is 9.86. The Morgan fingerprint density at radius 3 is 2.56 bits per heavy atom. The zero-order valence-corrected chi connectivity index (χ0v) is 19.8. The number of phenolic OH excluding ortho intramolecular Hbond substituents is 1. The molecule has 7 heteroatoms. The zero-order valence-electron chi connectivity index (χ0n) is 19.8. The minimum Gasteiger partial charge on any atom is -0.504 e. The molecule has 1 aliphatic rings. The van der Waals surface area contributed by atoms with Crippen LogP contribution in [0.15, 0.2) is 42.5 Å². The van der Waals surface area contributed by atoms with Crippen molar-refractivity contribution in [3.05, 3.63) is 48.0 Å². The molecule has 1 aliphatic carbocycles. The van der Waals surface area contributed by atoms with Gasteiger partial charge in [0.15, 0.2) is 11.5 Å². The van der Waals surface area contributed by atoms with Crippen molar-refractivity contribution in [3.8, 4) is 11.5 Å². The van der Waals surface area contributed by atoms with Crippen molar-refractivity contribution in [3.63, 3.8) is 0 Å². The average Bonchev–Trinajstić information content (AvgIpc) is 2.82. The summed E-state index contributed by atoms with van der Waals surface area (Å²) in [6.45, 7) is 4.23. The van der Waals surface area contributed by atoms with Crippen LogP contribution in [0.4, 0.5) is 11.8 Å². The van der Waals surface area contributed by atoms with E-state index in [9.17, 15) is 5.11 Å². The Bertz CT molecular complexity index is 1060. The van der Waals surface area contributed by atoms with E-state index in [2.05, 4.69) is 16.7 Å².